The Morgan fingerprint density at radius 2 is 1.64 bits per heavy atom. The van der Waals surface area contributed by atoms with E-state index >= 15 is 0 Å². The van der Waals surface area contributed by atoms with Crippen LogP contribution in [0.2, 0.25) is 0 Å². The zero-order chi connectivity index (χ0) is 19.4. The normalized spacial score (nSPS) is 14.5. The molecule has 0 fully saturated rings. The average molecular weight is 363 g/mol. The Morgan fingerprint density at radius 1 is 1.04 bits per heavy atom. The average Bonchev–Trinajstić information content (AvgIpc) is 2.59. The Labute approximate surface area is 147 Å². The number of esters is 2. The highest BCUT2D eigenvalue weighted by Gasteiger charge is 2.25. The third-order valence-electron chi connectivity index (χ3n) is 3.30. The Balaban J connectivity index is 4.59. The summed E-state index contributed by atoms with van der Waals surface area (Å²) >= 11 is 0. The second kappa shape index (κ2) is 12.6. The van der Waals surface area contributed by atoms with Gasteiger partial charge in [0.2, 0.25) is 5.91 Å². The Morgan fingerprint density at radius 3 is 2.16 bits per heavy atom. The summed E-state index contributed by atoms with van der Waals surface area (Å²) in [6.07, 6.45) is -1.72. The number of hydrogen-bond donors (Lipinski definition) is 4. The van der Waals surface area contributed by atoms with Gasteiger partial charge in [-0.05, 0) is 12.8 Å². The second-order valence-corrected chi connectivity index (χ2v) is 5.97. The predicted octanol–water partition coefficient (Wildman–Crippen LogP) is -0.882. The SMILES string of the molecule is CCC(O)COC(=O)CCC(NC(=O)C(C)C)C(=O)OCC(O)CO. The van der Waals surface area contributed by atoms with Crippen molar-refractivity contribution in [2.24, 2.45) is 5.92 Å². The summed E-state index contributed by atoms with van der Waals surface area (Å²) in [6.45, 7) is 3.92. The smallest absolute Gasteiger partial charge is 0.328 e. The quantitative estimate of drug-likeness (QED) is 0.327. The molecule has 0 aromatic heterocycles. The second-order valence-electron chi connectivity index (χ2n) is 5.97. The van der Waals surface area contributed by atoms with Gasteiger partial charge in [-0.25, -0.2) is 4.79 Å². The molecule has 3 atom stereocenters. The molecule has 25 heavy (non-hydrogen) atoms. The van der Waals surface area contributed by atoms with E-state index in [-0.39, 0.29) is 31.3 Å². The molecule has 0 saturated carbocycles. The summed E-state index contributed by atoms with van der Waals surface area (Å²) in [7, 11) is 0. The lowest BCUT2D eigenvalue weighted by Gasteiger charge is -2.19. The molecule has 9 nitrogen and oxygen atoms in total. The highest BCUT2D eigenvalue weighted by atomic mass is 16.5. The number of carbonyl (C=O) groups excluding carboxylic acids is 3. The molecule has 1 amide bonds. The molecule has 0 aliphatic carbocycles. The fourth-order valence-electron chi connectivity index (χ4n) is 1.56. The number of amides is 1. The van der Waals surface area contributed by atoms with Crippen LogP contribution in [0, 0.1) is 5.92 Å². The molecule has 0 aromatic rings. The summed E-state index contributed by atoms with van der Waals surface area (Å²) < 4.78 is 9.70. The molecule has 0 bridgehead atoms. The number of ether oxygens (including phenoxy) is 2. The van der Waals surface area contributed by atoms with Gasteiger partial charge in [-0.15, -0.1) is 0 Å². The van der Waals surface area contributed by atoms with E-state index in [0.29, 0.717) is 6.42 Å². The highest BCUT2D eigenvalue weighted by molar-refractivity contribution is 5.85. The largest absolute Gasteiger partial charge is 0.463 e. The summed E-state index contributed by atoms with van der Waals surface area (Å²) in [5, 5.41) is 29.7. The molecule has 0 spiro atoms. The van der Waals surface area contributed by atoms with E-state index in [1.807, 2.05) is 0 Å². The molecule has 0 aromatic carbocycles. The van der Waals surface area contributed by atoms with Gasteiger partial charge in [0.1, 0.15) is 25.4 Å². The first-order chi connectivity index (χ1) is 11.7. The van der Waals surface area contributed by atoms with Crippen LogP contribution in [-0.2, 0) is 23.9 Å². The maximum atomic E-state index is 12.0. The highest BCUT2D eigenvalue weighted by Crippen LogP contribution is 2.05. The number of rotatable bonds is 12. The van der Waals surface area contributed by atoms with Crippen molar-refractivity contribution in [3.8, 4) is 0 Å². The van der Waals surface area contributed by atoms with Gasteiger partial charge in [0.25, 0.3) is 0 Å². The van der Waals surface area contributed by atoms with Crippen molar-refractivity contribution in [2.45, 2.75) is 58.3 Å². The van der Waals surface area contributed by atoms with Crippen LogP contribution in [0.5, 0.6) is 0 Å². The van der Waals surface area contributed by atoms with Crippen LogP contribution < -0.4 is 5.32 Å². The van der Waals surface area contributed by atoms with E-state index in [1.165, 1.54) is 0 Å². The number of hydrogen-bond acceptors (Lipinski definition) is 8. The number of nitrogens with one attached hydrogen (secondary N) is 1. The van der Waals surface area contributed by atoms with Crippen molar-refractivity contribution < 1.29 is 39.2 Å². The molecule has 9 heteroatoms. The molecule has 3 unspecified atom stereocenters. The van der Waals surface area contributed by atoms with Crippen LogP contribution in [0.15, 0.2) is 0 Å². The maximum Gasteiger partial charge on any atom is 0.328 e. The topological polar surface area (TPSA) is 142 Å². The summed E-state index contributed by atoms with van der Waals surface area (Å²) in [4.78, 5) is 35.5. The molecule has 4 N–H and O–H groups in total. The molecule has 0 heterocycles. The van der Waals surface area contributed by atoms with Crippen molar-refractivity contribution in [1.29, 1.82) is 0 Å². The fraction of sp³-hybridized carbons (Fsp3) is 0.812. The lowest BCUT2D eigenvalue weighted by atomic mass is 10.1. The van der Waals surface area contributed by atoms with Crippen LogP contribution in [-0.4, -0.2) is 71.2 Å². The van der Waals surface area contributed by atoms with Gasteiger partial charge in [-0.2, -0.15) is 0 Å². The maximum absolute atomic E-state index is 12.0. The van der Waals surface area contributed by atoms with Gasteiger partial charge in [-0.3, -0.25) is 9.59 Å². The standard InChI is InChI=1S/C16H29NO8/c1-4-11(19)8-24-14(21)6-5-13(17-15(22)10(2)3)16(23)25-9-12(20)7-18/h10-13,18-20H,4-9H2,1-3H3,(H,17,22). The van der Waals surface area contributed by atoms with Crippen molar-refractivity contribution in [1.82, 2.24) is 5.32 Å². The zero-order valence-electron chi connectivity index (χ0n) is 14.9. The van der Waals surface area contributed by atoms with Crippen molar-refractivity contribution >= 4 is 17.8 Å². The molecule has 0 aliphatic rings. The summed E-state index contributed by atoms with van der Waals surface area (Å²) in [5.74, 6) is -2.19. The van der Waals surface area contributed by atoms with E-state index in [9.17, 15) is 24.6 Å². The van der Waals surface area contributed by atoms with Crippen LogP contribution in [0.1, 0.15) is 40.0 Å². The zero-order valence-corrected chi connectivity index (χ0v) is 14.9. The molecule has 0 rings (SSSR count). The van der Waals surface area contributed by atoms with Crippen LogP contribution >= 0.6 is 0 Å². The minimum Gasteiger partial charge on any atom is -0.463 e. The van der Waals surface area contributed by atoms with Gasteiger partial charge in [0.15, 0.2) is 0 Å². The van der Waals surface area contributed by atoms with Gasteiger partial charge in [-0.1, -0.05) is 20.8 Å². The molecule has 0 saturated heterocycles. The molecular formula is C16H29NO8. The van der Waals surface area contributed by atoms with E-state index < -0.39 is 43.4 Å². The third kappa shape index (κ3) is 10.7. The summed E-state index contributed by atoms with van der Waals surface area (Å²) in [5.41, 5.74) is 0. The van der Waals surface area contributed by atoms with Gasteiger partial charge in [0.05, 0.1) is 12.7 Å². The molecule has 146 valence electrons. The van der Waals surface area contributed by atoms with E-state index in [2.05, 4.69) is 5.32 Å². The lowest BCUT2D eigenvalue weighted by Crippen LogP contribution is -2.44. The summed E-state index contributed by atoms with van der Waals surface area (Å²) in [6, 6.07) is -1.08. The van der Waals surface area contributed by atoms with Crippen molar-refractivity contribution in [3.05, 3.63) is 0 Å². The van der Waals surface area contributed by atoms with Gasteiger partial charge < -0.3 is 30.1 Å². The predicted molar refractivity (Wildman–Crippen MR) is 87.3 cm³/mol. The Bertz CT molecular complexity index is 426. The number of aliphatic hydroxyl groups is 3. The first kappa shape index (κ1) is 23.3. The first-order valence-corrected chi connectivity index (χ1v) is 8.30. The molecular weight excluding hydrogens is 334 g/mol. The fourth-order valence-corrected chi connectivity index (χ4v) is 1.56. The lowest BCUT2D eigenvalue weighted by molar-refractivity contribution is -0.153. The monoisotopic (exact) mass is 363 g/mol. The van der Waals surface area contributed by atoms with Crippen molar-refractivity contribution in [2.75, 3.05) is 19.8 Å². The van der Waals surface area contributed by atoms with E-state index in [1.54, 1.807) is 20.8 Å². The molecule has 0 aliphatic heterocycles. The minimum absolute atomic E-state index is 0.0480. The number of carbonyl (C=O) groups is 3. The number of aliphatic hydroxyl groups excluding tert-OH is 3. The van der Waals surface area contributed by atoms with E-state index in [0.717, 1.165) is 0 Å². The van der Waals surface area contributed by atoms with Gasteiger partial charge in [0, 0.05) is 12.3 Å². The van der Waals surface area contributed by atoms with E-state index in [4.69, 9.17) is 14.6 Å². The molecule has 0 radical (unpaired) electrons. The Kier molecular flexibility index (Phi) is 11.8. The van der Waals surface area contributed by atoms with Crippen LogP contribution in [0.25, 0.3) is 0 Å². The first-order valence-electron chi connectivity index (χ1n) is 8.30. The third-order valence-corrected chi connectivity index (χ3v) is 3.30. The van der Waals surface area contributed by atoms with Crippen LogP contribution in [0.3, 0.4) is 0 Å². The Hall–Kier alpha value is -1.71. The van der Waals surface area contributed by atoms with Crippen LogP contribution in [0.4, 0.5) is 0 Å². The minimum atomic E-state index is -1.22. The van der Waals surface area contributed by atoms with Crippen molar-refractivity contribution in [3.63, 3.8) is 0 Å². The van der Waals surface area contributed by atoms with Gasteiger partial charge >= 0.3 is 11.9 Å².